The van der Waals surface area contributed by atoms with Gasteiger partial charge in [-0.05, 0) is 55.1 Å². The molecule has 272 valence electrons. The van der Waals surface area contributed by atoms with Crippen LogP contribution in [0.5, 0.6) is 5.75 Å². The molecule has 3 N–H and O–H groups in total. The second-order valence-corrected chi connectivity index (χ2v) is 13.4. The molecule has 0 saturated carbocycles. The summed E-state index contributed by atoms with van der Waals surface area (Å²) in [7, 11) is 2.13. The molecule has 11 nitrogen and oxygen atoms in total. The van der Waals surface area contributed by atoms with Crippen LogP contribution in [0.15, 0.2) is 78.9 Å². The van der Waals surface area contributed by atoms with Crippen molar-refractivity contribution in [2.45, 2.75) is 76.7 Å². The van der Waals surface area contributed by atoms with Crippen LogP contribution in [0.1, 0.15) is 66.1 Å². The number of carbonyl (C=O) groups is 4. The summed E-state index contributed by atoms with van der Waals surface area (Å²) < 4.78 is 11.6. The smallest absolute Gasteiger partial charge is 0.255 e. The van der Waals surface area contributed by atoms with Crippen LogP contribution in [-0.2, 0) is 38.6 Å². The molecule has 5 rings (SSSR count). The zero-order valence-electron chi connectivity index (χ0n) is 29.8. The van der Waals surface area contributed by atoms with E-state index in [0.29, 0.717) is 18.3 Å². The molecule has 0 aromatic heterocycles. The molecule has 0 radical (unpaired) electrons. The first-order valence-electron chi connectivity index (χ1n) is 18.1. The Bertz CT molecular complexity index is 1590. The number of benzene rings is 3. The van der Waals surface area contributed by atoms with E-state index in [1.807, 2.05) is 42.5 Å². The number of hydrogen-bond acceptors (Lipinski definition) is 7. The highest BCUT2D eigenvalue weighted by Gasteiger charge is 2.31. The van der Waals surface area contributed by atoms with Crippen molar-refractivity contribution in [3.8, 4) is 5.75 Å². The Morgan fingerprint density at radius 1 is 0.882 bits per heavy atom. The van der Waals surface area contributed by atoms with Gasteiger partial charge in [-0.3, -0.25) is 24.1 Å². The molecule has 11 heteroatoms. The van der Waals surface area contributed by atoms with Gasteiger partial charge in [-0.1, -0.05) is 80.1 Å². The maximum Gasteiger partial charge on any atom is 0.255 e. The number of rotatable bonds is 11. The lowest BCUT2D eigenvalue weighted by molar-refractivity contribution is -0.137. The molecule has 2 aliphatic heterocycles. The van der Waals surface area contributed by atoms with E-state index in [9.17, 15) is 19.2 Å². The first-order chi connectivity index (χ1) is 24.8. The lowest BCUT2D eigenvalue weighted by atomic mass is 10.0. The molecule has 2 heterocycles. The number of carbonyl (C=O) groups excluding carboxylic acids is 4. The summed E-state index contributed by atoms with van der Waals surface area (Å²) >= 11 is 0. The molecule has 0 unspecified atom stereocenters. The standard InChI is InChI=1S/C40H51N5O6/c1-3-4-20-45-21-24-51-36-13-9-8-12-33(36)38(47)43-34(26-37(46)42-35(40(45)49)25-29-10-6-5-7-11-29)39(48)41-27-30-14-16-31(17-15-30)28-44(2)32-18-22-50-23-19-32/h5-17,32,34-35H,3-4,18-28H2,1-2H3,(H,41,48)(H,42,46)(H,43,47)/t34-,35-/m0/s1. The number of para-hydroxylation sites is 1. The van der Waals surface area contributed by atoms with Crippen LogP contribution in [0.3, 0.4) is 0 Å². The van der Waals surface area contributed by atoms with E-state index in [1.165, 1.54) is 5.56 Å². The molecule has 0 bridgehead atoms. The highest BCUT2D eigenvalue weighted by molar-refractivity contribution is 6.01. The molecule has 2 aliphatic rings. The van der Waals surface area contributed by atoms with Gasteiger partial charge < -0.3 is 30.3 Å². The lowest BCUT2D eigenvalue weighted by Crippen LogP contribution is -2.54. The third-order valence-electron chi connectivity index (χ3n) is 9.51. The minimum atomic E-state index is -1.20. The largest absolute Gasteiger partial charge is 0.491 e. The summed E-state index contributed by atoms with van der Waals surface area (Å²) in [6, 6.07) is 22.8. The van der Waals surface area contributed by atoms with Crippen molar-refractivity contribution in [3.63, 3.8) is 0 Å². The van der Waals surface area contributed by atoms with Gasteiger partial charge in [-0.2, -0.15) is 0 Å². The first-order valence-corrected chi connectivity index (χ1v) is 18.1. The Morgan fingerprint density at radius 3 is 2.33 bits per heavy atom. The summed E-state index contributed by atoms with van der Waals surface area (Å²) in [5, 5.41) is 8.57. The lowest BCUT2D eigenvalue weighted by Gasteiger charge is -2.31. The Balaban J connectivity index is 1.32. The first kappa shape index (κ1) is 37.5. The average Bonchev–Trinajstić information content (AvgIpc) is 3.15. The van der Waals surface area contributed by atoms with Crippen LogP contribution >= 0.6 is 0 Å². The van der Waals surface area contributed by atoms with E-state index < -0.39 is 29.8 Å². The van der Waals surface area contributed by atoms with Crippen molar-refractivity contribution in [3.05, 3.63) is 101 Å². The van der Waals surface area contributed by atoms with E-state index in [2.05, 4.69) is 47.0 Å². The van der Waals surface area contributed by atoms with Crippen molar-refractivity contribution < 1.29 is 28.7 Å². The molecular weight excluding hydrogens is 646 g/mol. The molecule has 3 aromatic carbocycles. The maximum absolute atomic E-state index is 14.0. The Morgan fingerprint density at radius 2 is 1.59 bits per heavy atom. The Kier molecular flexibility index (Phi) is 14.0. The molecule has 1 saturated heterocycles. The van der Waals surface area contributed by atoms with Gasteiger partial charge in [0.1, 0.15) is 24.4 Å². The maximum atomic E-state index is 14.0. The van der Waals surface area contributed by atoms with Crippen LogP contribution < -0.4 is 20.7 Å². The molecule has 1 fully saturated rings. The third kappa shape index (κ3) is 11.1. The molecule has 0 aliphatic carbocycles. The second-order valence-electron chi connectivity index (χ2n) is 13.4. The van der Waals surface area contributed by atoms with Crippen molar-refractivity contribution >= 4 is 23.6 Å². The summed E-state index contributed by atoms with van der Waals surface area (Å²) in [5.74, 6) is -1.44. The SMILES string of the molecule is CCCCN1CCOc2ccccc2C(=O)N[C@H](C(=O)NCc2ccc(CN(C)C3CCOCC3)cc2)CC(=O)N[C@@H](Cc2ccccc2)C1=O. The number of hydrogen-bond donors (Lipinski definition) is 3. The highest BCUT2D eigenvalue weighted by atomic mass is 16.5. The van der Waals surface area contributed by atoms with E-state index in [1.54, 1.807) is 29.2 Å². The van der Waals surface area contributed by atoms with Gasteiger partial charge in [0.15, 0.2) is 0 Å². The van der Waals surface area contributed by atoms with Gasteiger partial charge in [0.2, 0.25) is 17.7 Å². The van der Waals surface area contributed by atoms with Crippen LogP contribution in [0.2, 0.25) is 0 Å². The van der Waals surface area contributed by atoms with Crippen molar-refractivity contribution in [2.24, 2.45) is 0 Å². The normalized spacial score (nSPS) is 19.4. The van der Waals surface area contributed by atoms with Gasteiger partial charge in [-0.15, -0.1) is 0 Å². The Labute approximate surface area is 301 Å². The molecule has 2 atom stereocenters. The van der Waals surface area contributed by atoms with E-state index in [0.717, 1.165) is 56.6 Å². The van der Waals surface area contributed by atoms with Crippen molar-refractivity contribution in [1.82, 2.24) is 25.8 Å². The molecule has 3 aromatic rings. The van der Waals surface area contributed by atoms with E-state index in [4.69, 9.17) is 9.47 Å². The number of fused-ring (bicyclic) bond motifs is 1. The number of ether oxygens (including phenoxy) is 2. The number of nitrogens with zero attached hydrogens (tertiary/aromatic N) is 2. The quantitative estimate of drug-likeness (QED) is 0.278. The minimum Gasteiger partial charge on any atom is -0.491 e. The fourth-order valence-electron chi connectivity index (χ4n) is 6.50. The summed E-state index contributed by atoms with van der Waals surface area (Å²) in [6.45, 7) is 5.61. The van der Waals surface area contributed by atoms with Crippen LogP contribution in [0.25, 0.3) is 0 Å². The second kappa shape index (κ2) is 19.0. The molecular formula is C40H51N5O6. The highest BCUT2D eigenvalue weighted by Crippen LogP contribution is 2.20. The summed E-state index contributed by atoms with van der Waals surface area (Å²) in [5.41, 5.74) is 3.18. The van der Waals surface area contributed by atoms with E-state index in [-0.39, 0.29) is 44.0 Å². The van der Waals surface area contributed by atoms with Crippen LogP contribution in [-0.4, -0.2) is 91.5 Å². The summed E-state index contributed by atoms with van der Waals surface area (Å²) in [4.78, 5) is 59.0. The van der Waals surface area contributed by atoms with Crippen LogP contribution in [0, 0.1) is 0 Å². The number of nitrogens with one attached hydrogen (secondary N) is 3. The predicted octanol–water partition coefficient (Wildman–Crippen LogP) is 3.85. The monoisotopic (exact) mass is 697 g/mol. The fraction of sp³-hybridized carbons (Fsp3) is 0.450. The zero-order chi connectivity index (χ0) is 36.0. The van der Waals surface area contributed by atoms with Gasteiger partial charge >= 0.3 is 0 Å². The molecule has 51 heavy (non-hydrogen) atoms. The third-order valence-corrected chi connectivity index (χ3v) is 9.51. The van der Waals surface area contributed by atoms with Crippen molar-refractivity contribution in [2.75, 3.05) is 40.0 Å². The topological polar surface area (TPSA) is 129 Å². The minimum absolute atomic E-state index is 0.153. The van der Waals surface area contributed by atoms with Crippen LogP contribution in [0.4, 0.5) is 0 Å². The molecule has 4 amide bonds. The fourth-order valence-corrected chi connectivity index (χ4v) is 6.50. The zero-order valence-corrected chi connectivity index (χ0v) is 29.8. The average molecular weight is 698 g/mol. The number of unbranched alkanes of at least 4 members (excludes halogenated alkanes) is 1. The van der Waals surface area contributed by atoms with Gasteiger partial charge in [0.05, 0.1) is 18.5 Å². The van der Waals surface area contributed by atoms with Gasteiger partial charge in [-0.25, -0.2) is 0 Å². The summed E-state index contributed by atoms with van der Waals surface area (Å²) in [6.07, 6.45) is 3.65. The molecule has 0 spiro atoms. The number of amides is 4. The predicted molar refractivity (Wildman–Crippen MR) is 195 cm³/mol. The Hall–Kier alpha value is -4.74. The van der Waals surface area contributed by atoms with Crippen molar-refractivity contribution in [1.29, 1.82) is 0 Å². The van der Waals surface area contributed by atoms with Gasteiger partial charge in [0.25, 0.3) is 5.91 Å². The van der Waals surface area contributed by atoms with E-state index >= 15 is 0 Å². The van der Waals surface area contributed by atoms with Gasteiger partial charge in [0, 0.05) is 45.3 Å².